The number of nitrogens with one attached hydrogen (secondary N) is 1. The number of fused-ring (bicyclic) bond motifs is 2. The van der Waals surface area contributed by atoms with E-state index in [0.717, 1.165) is 5.56 Å². The number of hydrogen-bond donors (Lipinski definition) is 1. The third kappa shape index (κ3) is 4.39. The maximum absolute atomic E-state index is 13.0. The molecule has 174 valence electrons. The summed E-state index contributed by atoms with van der Waals surface area (Å²) in [5.41, 5.74) is 1.46. The molecule has 2 amide bonds. The van der Waals surface area contributed by atoms with Gasteiger partial charge in [-0.1, -0.05) is 60.7 Å². The highest BCUT2D eigenvalue weighted by Gasteiger charge is 2.28. The molecule has 9 nitrogen and oxygen atoms in total. The largest absolute Gasteiger partial charge is 0.451 e. The lowest BCUT2D eigenvalue weighted by Crippen LogP contribution is -2.44. The first-order chi connectivity index (χ1) is 17.0. The number of benzene rings is 3. The van der Waals surface area contributed by atoms with Crippen molar-refractivity contribution in [2.45, 2.75) is 6.54 Å². The van der Waals surface area contributed by atoms with E-state index in [9.17, 15) is 19.2 Å². The summed E-state index contributed by atoms with van der Waals surface area (Å²) in [4.78, 5) is 52.1. The minimum atomic E-state index is -0.842. The molecular weight excluding hydrogens is 448 g/mol. The molecule has 0 atom stereocenters. The van der Waals surface area contributed by atoms with Crippen LogP contribution in [0.1, 0.15) is 16.1 Å². The zero-order valence-electron chi connectivity index (χ0n) is 18.5. The summed E-state index contributed by atoms with van der Waals surface area (Å²) in [5, 5.41) is 7.63. The number of ether oxygens (including phenoxy) is 1. The zero-order chi connectivity index (χ0) is 24.4. The minimum absolute atomic E-state index is 0.0688. The zero-order valence-corrected chi connectivity index (χ0v) is 18.5. The van der Waals surface area contributed by atoms with Crippen LogP contribution < -0.4 is 15.8 Å². The van der Waals surface area contributed by atoms with E-state index in [1.807, 2.05) is 30.3 Å². The van der Waals surface area contributed by atoms with Crippen molar-refractivity contribution in [2.24, 2.45) is 0 Å². The van der Waals surface area contributed by atoms with Gasteiger partial charge < -0.3 is 10.1 Å². The molecule has 4 aromatic rings. The summed E-state index contributed by atoms with van der Waals surface area (Å²) in [6, 6.07) is 22.8. The van der Waals surface area contributed by atoms with Gasteiger partial charge in [0.15, 0.2) is 12.3 Å². The highest BCUT2D eigenvalue weighted by molar-refractivity contribution is 6.11. The highest BCUT2D eigenvalue weighted by Crippen LogP contribution is 2.29. The van der Waals surface area contributed by atoms with Gasteiger partial charge in [-0.2, -0.15) is 5.10 Å². The number of carbonyl (C=O) groups is 3. The quantitative estimate of drug-likeness (QED) is 0.451. The topological polar surface area (TPSA) is 111 Å². The van der Waals surface area contributed by atoms with Crippen molar-refractivity contribution in [3.63, 3.8) is 0 Å². The van der Waals surface area contributed by atoms with Crippen molar-refractivity contribution in [1.29, 1.82) is 0 Å². The minimum Gasteiger partial charge on any atom is -0.451 e. The SMILES string of the molecule is O=C1CN(C(=O)COC(=O)c2nn(Cc3ccccc3)c(=O)c3ccccc23)c2ccccc2N1. The molecular formula is C26H20N4O5. The molecule has 2 heterocycles. The monoisotopic (exact) mass is 468 g/mol. The van der Waals surface area contributed by atoms with Crippen molar-refractivity contribution in [2.75, 3.05) is 23.4 Å². The van der Waals surface area contributed by atoms with E-state index < -0.39 is 18.5 Å². The third-order valence-electron chi connectivity index (χ3n) is 5.63. The van der Waals surface area contributed by atoms with Gasteiger partial charge in [-0.25, -0.2) is 9.48 Å². The van der Waals surface area contributed by atoms with Crippen LogP contribution in [0.5, 0.6) is 0 Å². The van der Waals surface area contributed by atoms with Crippen LogP contribution in [-0.2, 0) is 20.9 Å². The van der Waals surface area contributed by atoms with Gasteiger partial charge in [0, 0.05) is 5.39 Å². The second-order valence-corrected chi connectivity index (χ2v) is 7.96. The van der Waals surface area contributed by atoms with Gasteiger partial charge in [0.05, 0.1) is 23.3 Å². The first-order valence-electron chi connectivity index (χ1n) is 10.9. The lowest BCUT2D eigenvalue weighted by Gasteiger charge is -2.28. The van der Waals surface area contributed by atoms with E-state index in [2.05, 4.69) is 10.4 Å². The Bertz CT molecular complexity index is 1510. The lowest BCUT2D eigenvalue weighted by molar-refractivity contribution is -0.124. The molecule has 0 bridgehead atoms. The van der Waals surface area contributed by atoms with Gasteiger partial charge in [0.25, 0.3) is 11.5 Å². The maximum Gasteiger partial charge on any atom is 0.359 e. The van der Waals surface area contributed by atoms with Gasteiger partial charge in [-0.05, 0) is 23.8 Å². The van der Waals surface area contributed by atoms with Crippen molar-refractivity contribution >= 4 is 39.9 Å². The molecule has 1 aliphatic heterocycles. The first-order valence-corrected chi connectivity index (χ1v) is 10.9. The molecule has 0 saturated heterocycles. The molecule has 5 rings (SSSR count). The number of rotatable bonds is 5. The summed E-state index contributed by atoms with van der Waals surface area (Å²) in [6.07, 6.45) is 0. The molecule has 0 spiro atoms. The molecule has 1 aliphatic rings. The average molecular weight is 468 g/mol. The van der Waals surface area contributed by atoms with Gasteiger partial charge >= 0.3 is 5.97 Å². The van der Waals surface area contributed by atoms with Crippen LogP contribution in [0, 0.1) is 0 Å². The Hall–Kier alpha value is -4.79. The second-order valence-electron chi connectivity index (χ2n) is 7.96. The Kier molecular flexibility index (Phi) is 5.80. The number of carbonyl (C=O) groups excluding carboxylic acids is 3. The van der Waals surface area contributed by atoms with Crippen LogP contribution in [0.3, 0.4) is 0 Å². The fourth-order valence-corrected chi connectivity index (χ4v) is 3.98. The predicted molar refractivity (Wildman–Crippen MR) is 129 cm³/mol. The van der Waals surface area contributed by atoms with E-state index in [1.54, 1.807) is 48.5 Å². The van der Waals surface area contributed by atoms with E-state index >= 15 is 0 Å². The summed E-state index contributed by atoms with van der Waals surface area (Å²) < 4.78 is 6.52. The molecule has 9 heteroatoms. The highest BCUT2D eigenvalue weighted by atomic mass is 16.5. The van der Waals surface area contributed by atoms with Crippen LogP contribution in [0.2, 0.25) is 0 Å². The van der Waals surface area contributed by atoms with Gasteiger partial charge in [-0.3, -0.25) is 19.3 Å². The number of nitrogens with zero attached hydrogens (tertiary/aromatic N) is 3. The number of anilines is 2. The molecule has 0 saturated carbocycles. The summed E-state index contributed by atoms with van der Waals surface area (Å²) in [5.74, 6) is -1.74. The second kappa shape index (κ2) is 9.22. The van der Waals surface area contributed by atoms with E-state index in [0.29, 0.717) is 22.1 Å². The predicted octanol–water partition coefficient (Wildman–Crippen LogP) is 2.59. The van der Waals surface area contributed by atoms with E-state index in [-0.39, 0.29) is 30.2 Å². The van der Waals surface area contributed by atoms with Crippen LogP contribution in [0.15, 0.2) is 83.7 Å². The first kappa shape index (κ1) is 22.0. The van der Waals surface area contributed by atoms with Gasteiger partial charge in [-0.15, -0.1) is 0 Å². The van der Waals surface area contributed by atoms with Crippen LogP contribution in [0.4, 0.5) is 11.4 Å². The Morgan fingerprint density at radius 2 is 1.57 bits per heavy atom. The molecule has 0 unspecified atom stereocenters. The Labute approximate surface area is 199 Å². The molecule has 3 aromatic carbocycles. The van der Waals surface area contributed by atoms with Gasteiger partial charge in [0.1, 0.15) is 6.54 Å². The summed E-state index contributed by atoms with van der Waals surface area (Å²) in [6.45, 7) is -0.603. The van der Waals surface area contributed by atoms with Crippen LogP contribution >= 0.6 is 0 Å². The Balaban J connectivity index is 1.41. The fraction of sp³-hybridized carbons (Fsp3) is 0.115. The molecule has 1 aromatic heterocycles. The molecule has 0 fully saturated rings. The normalized spacial score (nSPS) is 12.7. The number of aromatic nitrogens is 2. The van der Waals surface area contributed by atoms with E-state index in [1.165, 1.54) is 9.58 Å². The molecule has 0 aliphatic carbocycles. The standard InChI is InChI=1S/C26H20N4O5/c31-22-15-29(21-13-7-6-12-20(21)27-22)23(32)16-35-26(34)24-18-10-4-5-11-19(18)25(33)30(28-24)14-17-8-2-1-3-9-17/h1-13H,14-16H2,(H,27,31). The summed E-state index contributed by atoms with van der Waals surface area (Å²) in [7, 11) is 0. The van der Waals surface area contributed by atoms with Crippen LogP contribution in [0.25, 0.3) is 10.8 Å². The van der Waals surface area contributed by atoms with Crippen LogP contribution in [-0.4, -0.2) is 40.7 Å². The molecule has 35 heavy (non-hydrogen) atoms. The Morgan fingerprint density at radius 1 is 0.886 bits per heavy atom. The van der Waals surface area contributed by atoms with Crippen molar-refractivity contribution in [3.05, 3.63) is 100 Å². The number of esters is 1. The number of para-hydroxylation sites is 2. The average Bonchev–Trinajstić information content (AvgIpc) is 2.89. The number of hydrogen-bond acceptors (Lipinski definition) is 6. The fourth-order valence-electron chi connectivity index (χ4n) is 3.98. The van der Waals surface area contributed by atoms with Crippen molar-refractivity contribution < 1.29 is 19.1 Å². The van der Waals surface area contributed by atoms with Gasteiger partial charge in [0.2, 0.25) is 5.91 Å². The van der Waals surface area contributed by atoms with Crippen molar-refractivity contribution in [3.8, 4) is 0 Å². The smallest absolute Gasteiger partial charge is 0.359 e. The van der Waals surface area contributed by atoms with E-state index in [4.69, 9.17) is 4.74 Å². The lowest BCUT2D eigenvalue weighted by atomic mass is 10.1. The van der Waals surface area contributed by atoms with Crippen molar-refractivity contribution in [1.82, 2.24) is 9.78 Å². The molecule has 1 N–H and O–H groups in total. The summed E-state index contributed by atoms with van der Waals surface area (Å²) >= 11 is 0. The third-order valence-corrected chi connectivity index (χ3v) is 5.63. The number of amides is 2. The Morgan fingerprint density at radius 3 is 2.37 bits per heavy atom. The maximum atomic E-state index is 13.0. The molecule has 0 radical (unpaired) electrons.